The largest absolute Gasteiger partial charge is 0.494 e. The second kappa shape index (κ2) is 6.03. The van der Waals surface area contributed by atoms with Crippen LogP contribution >= 0.6 is 0 Å². The van der Waals surface area contributed by atoms with Crippen LogP contribution in [0.4, 0.5) is 0 Å². The summed E-state index contributed by atoms with van der Waals surface area (Å²) in [6.07, 6.45) is 3.60. The summed E-state index contributed by atoms with van der Waals surface area (Å²) in [5.74, 6) is 0.908. The number of aliphatic hydroxyl groups is 1. The van der Waals surface area contributed by atoms with E-state index in [1.54, 1.807) is 0 Å². The molecule has 0 aromatic heterocycles. The zero-order valence-electron chi connectivity index (χ0n) is 10.3. The van der Waals surface area contributed by atoms with Crippen molar-refractivity contribution in [2.45, 2.75) is 38.4 Å². The Hall–Kier alpha value is -1.06. The fraction of sp³-hybridized carbons (Fsp3) is 0.571. The molecule has 3 nitrogen and oxygen atoms in total. The molecule has 1 aromatic rings. The van der Waals surface area contributed by atoms with Gasteiger partial charge in [0.05, 0.1) is 13.2 Å². The molecule has 0 bridgehead atoms. The maximum absolute atomic E-state index is 8.91. The zero-order valence-corrected chi connectivity index (χ0v) is 10.3. The molecule has 0 amide bonds. The van der Waals surface area contributed by atoms with Gasteiger partial charge in [0.2, 0.25) is 0 Å². The van der Waals surface area contributed by atoms with Gasteiger partial charge < -0.3 is 14.6 Å². The van der Waals surface area contributed by atoms with E-state index in [0.717, 1.165) is 24.3 Å². The molecule has 1 fully saturated rings. The standard InChI is InChI=1S/C14H20O3/c1-2-3-4-9-16-12-7-5-11(6-8-12)14-13(10-15)17-14/h5-8,13-15H,2-4,9-10H2,1H3/t13-,14-/m0/s1. The maximum atomic E-state index is 8.91. The molecular weight excluding hydrogens is 216 g/mol. The number of aliphatic hydroxyl groups excluding tert-OH is 1. The minimum atomic E-state index is -0.00803. The fourth-order valence-corrected chi connectivity index (χ4v) is 1.87. The van der Waals surface area contributed by atoms with Gasteiger partial charge in [-0.25, -0.2) is 0 Å². The van der Waals surface area contributed by atoms with E-state index in [2.05, 4.69) is 6.92 Å². The summed E-state index contributed by atoms with van der Waals surface area (Å²) in [5.41, 5.74) is 1.12. The summed E-state index contributed by atoms with van der Waals surface area (Å²) in [6.45, 7) is 3.06. The lowest BCUT2D eigenvalue weighted by Gasteiger charge is -2.06. The van der Waals surface area contributed by atoms with Crippen LogP contribution in [0.5, 0.6) is 5.75 Å². The van der Waals surface area contributed by atoms with E-state index < -0.39 is 0 Å². The first kappa shape index (κ1) is 12.4. The molecule has 0 spiro atoms. The molecule has 0 unspecified atom stereocenters. The van der Waals surface area contributed by atoms with Gasteiger partial charge in [0.25, 0.3) is 0 Å². The normalized spacial score (nSPS) is 22.5. The second-order valence-corrected chi connectivity index (χ2v) is 4.40. The Morgan fingerprint density at radius 3 is 2.59 bits per heavy atom. The van der Waals surface area contributed by atoms with Crippen LogP contribution in [-0.4, -0.2) is 24.4 Å². The number of ether oxygens (including phenoxy) is 2. The van der Waals surface area contributed by atoms with E-state index in [1.165, 1.54) is 12.8 Å². The van der Waals surface area contributed by atoms with Crippen molar-refractivity contribution in [1.29, 1.82) is 0 Å². The average molecular weight is 236 g/mol. The number of hydrogen-bond acceptors (Lipinski definition) is 3. The predicted molar refractivity (Wildman–Crippen MR) is 66.2 cm³/mol. The van der Waals surface area contributed by atoms with Crippen LogP contribution in [0.25, 0.3) is 0 Å². The van der Waals surface area contributed by atoms with Crippen molar-refractivity contribution in [1.82, 2.24) is 0 Å². The third-order valence-electron chi connectivity index (χ3n) is 2.99. The molecular formula is C14H20O3. The van der Waals surface area contributed by atoms with Gasteiger partial charge in [-0.3, -0.25) is 0 Å². The molecule has 1 N–H and O–H groups in total. The Bertz CT molecular complexity index is 334. The van der Waals surface area contributed by atoms with Crippen LogP contribution in [0.1, 0.15) is 37.9 Å². The second-order valence-electron chi connectivity index (χ2n) is 4.40. The van der Waals surface area contributed by atoms with Gasteiger partial charge in [-0.05, 0) is 24.1 Å². The molecule has 1 aliphatic heterocycles. The highest BCUT2D eigenvalue weighted by Crippen LogP contribution is 2.38. The van der Waals surface area contributed by atoms with Crippen molar-refractivity contribution in [3.63, 3.8) is 0 Å². The predicted octanol–water partition coefficient (Wildman–Crippen LogP) is 2.69. The van der Waals surface area contributed by atoms with E-state index in [0.29, 0.717) is 0 Å². The minimum Gasteiger partial charge on any atom is -0.494 e. The summed E-state index contributed by atoms with van der Waals surface area (Å²) >= 11 is 0. The Labute approximate surface area is 102 Å². The SMILES string of the molecule is CCCCCOc1ccc([C@@H]2O[C@H]2CO)cc1. The summed E-state index contributed by atoms with van der Waals surface area (Å²) in [5, 5.41) is 8.91. The van der Waals surface area contributed by atoms with Gasteiger partial charge in [-0.1, -0.05) is 31.9 Å². The molecule has 3 heteroatoms. The van der Waals surface area contributed by atoms with Crippen molar-refractivity contribution in [3.05, 3.63) is 29.8 Å². The molecule has 1 aromatic carbocycles. The number of unbranched alkanes of at least 4 members (excludes halogenated alkanes) is 2. The Morgan fingerprint density at radius 1 is 1.24 bits per heavy atom. The maximum Gasteiger partial charge on any atom is 0.119 e. The Kier molecular flexibility index (Phi) is 4.40. The van der Waals surface area contributed by atoms with Crippen molar-refractivity contribution < 1.29 is 14.6 Å². The first-order valence-electron chi connectivity index (χ1n) is 6.34. The molecule has 2 atom stereocenters. The summed E-state index contributed by atoms with van der Waals surface area (Å²) < 4.78 is 10.9. The van der Waals surface area contributed by atoms with Crippen LogP contribution in [0.3, 0.4) is 0 Å². The van der Waals surface area contributed by atoms with E-state index in [-0.39, 0.29) is 18.8 Å². The molecule has 0 radical (unpaired) electrons. The van der Waals surface area contributed by atoms with Gasteiger partial charge in [0.1, 0.15) is 18.0 Å². The lowest BCUT2D eigenvalue weighted by molar-refractivity contribution is 0.242. The molecule has 2 rings (SSSR count). The average Bonchev–Trinajstić information content (AvgIpc) is 3.15. The topological polar surface area (TPSA) is 42.0 Å². The molecule has 1 heterocycles. The molecule has 1 saturated heterocycles. The van der Waals surface area contributed by atoms with E-state index in [1.807, 2.05) is 24.3 Å². The van der Waals surface area contributed by atoms with Crippen molar-refractivity contribution in [2.75, 3.05) is 13.2 Å². The van der Waals surface area contributed by atoms with Crippen molar-refractivity contribution in [3.8, 4) is 5.75 Å². The highest BCUT2D eigenvalue weighted by molar-refractivity contribution is 5.30. The molecule has 17 heavy (non-hydrogen) atoms. The van der Waals surface area contributed by atoms with Gasteiger partial charge in [-0.15, -0.1) is 0 Å². The van der Waals surface area contributed by atoms with Gasteiger partial charge in [-0.2, -0.15) is 0 Å². The van der Waals surface area contributed by atoms with Crippen LogP contribution in [0, 0.1) is 0 Å². The Morgan fingerprint density at radius 2 is 2.00 bits per heavy atom. The van der Waals surface area contributed by atoms with Crippen LogP contribution in [-0.2, 0) is 4.74 Å². The van der Waals surface area contributed by atoms with E-state index in [9.17, 15) is 0 Å². The van der Waals surface area contributed by atoms with Crippen LogP contribution in [0.2, 0.25) is 0 Å². The first-order chi connectivity index (χ1) is 8.35. The zero-order chi connectivity index (χ0) is 12.1. The monoisotopic (exact) mass is 236 g/mol. The molecule has 94 valence electrons. The third kappa shape index (κ3) is 3.45. The van der Waals surface area contributed by atoms with Gasteiger partial charge in [0, 0.05) is 0 Å². The van der Waals surface area contributed by atoms with Gasteiger partial charge in [0.15, 0.2) is 0 Å². The third-order valence-corrected chi connectivity index (χ3v) is 2.99. The van der Waals surface area contributed by atoms with Gasteiger partial charge >= 0.3 is 0 Å². The van der Waals surface area contributed by atoms with E-state index in [4.69, 9.17) is 14.6 Å². The Balaban J connectivity index is 1.78. The van der Waals surface area contributed by atoms with E-state index >= 15 is 0 Å². The quantitative estimate of drug-likeness (QED) is 0.584. The molecule has 0 saturated carbocycles. The first-order valence-corrected chi connectivity index (χ1v) is 6.34. The number of benzene rings is 1. The minimum absolute atomic E-state index is 0.00803. The number of hydrogen-bond donors (Lipinski definition) is 1. The van der Waals surface area contributed by atoms with Crippen molar-refractivity contribution in [2.24, 2.45) is 0 Å². The highest BCUT2D eigenvalue weighted by Gasteiger charge is 2.39. The summed E-state index contributed by atoms with van der Waals surface area (Å²) in [6, 6.07) is 7.96. The lowest BCUT2D eigenvalue weighted by Crippen LogP contribution is -1.97. The molecule has 1 aliphatic rings. The number of epoxide rings is 1. The van der Waals surface area contributed by atoms with Crippen molar-refractivity contribution >= 4 is 0 Å². The summed E-state index contributed by atoms with van der Waals surface area (Å²) in [4.78, 5) is 0. The summed E-state index contributed by atoms with van der Waals surface area (Å²) in [7, 11) is 0. The molecule has 0 aliphatic carbocycles. The van der Waals surface area contributed by atoms with Crippen LogP contribution in [0.15, 0.2) is 24.3 Å². The van der Waals surface area contributed by atoms with Crippen LogP contribution < -0.4 is 4.74 Å². The fourth-order valence-electron chi connectivity index (χ4n) is 1.87. The highest BCUT2D eigenvalue weighted by atomic mass is 16.6. The lowest BCUT2D eigenvalue weighted by atomic mass is 10.1. The number of rotatable bonds is 7. The smallest absolute Gasteiger partial charge is 0.119 e.